The lowest BCUT2D eigenvalue weighted by molar-refractivity contribution is -0.274. The first-order valence-corrected chi connectivity index (χ1v) is 12.3. The number of likely N-dealkylation sites (tertiary alicyclic amines) is 1. The molecule has 1 saturated heterocycles. The molecule has 39 heavy (non-hydrogen) atoms. The molecule has 3 aromatic rings. The molecule has 206 valence electrons. The highest BCUT2D eigenvalue weighted by Crippen LogP contribution is 2.30. The van der Waals surface area contributed by atoms with Crippen molar-refractivity contribution in [2.24, 2.45) is 7.05 Å². The molecule has 1 aliphatic rings. The summed E-state index contributed by atoms with van der Waals surface area (Å²) in [4.78, 5) is 40.2. The number of nitrogens with zero attached hydrogens (tertiary/aromatic N) is 3. The zero-order valence-corrected chi connectivity index (χ0v) is 21.3. The van der Waals surface area contributed by atoms with E-state index in [0.717, 1.165) is 11.6 Å². The molecule has 9 nitrogen and oxygen atoms in total. The van der Waals surface area contributed by atoms with Crippen LogP contribution in [0.3, 0.4) is 0 Å². The third-order valence-corrected chi connectivity index (χ3v) is 6.39. The first-order valence-electron chi connectivity index (χ1n) is 12.3. The third-order valence-electron chi connectivity index (χ3n) is 6.39. The molecule has 1 N–H and O–H groups in total. The molecule has 12 heteroatoms. The molecular weight excluding hydrogens is 517 g/mol. The maximum absolute atomic E-state index is 13.4. The highest BCUT2D eigenvalue weighted by atomic mass is 19.4. The quantitative estimate of drug-likeness (QED) is 0.453. The Labute approximate surface area is 222 Å². The number of carbonyl (C=O) groups excluding carboxylic acids is 3. The van der Waals surface area contributed by atoms with E-state index in [0.29, 0.717) is 6.42 Å². The molecular formula is C27H27F3N4O5. The molecule has 0 unspecified atom stereocenters. The van der Waals surface area contributed by atoms with E-state index in [2.05, 4.69) is 15.2 Å². The number of aryl methyl sites for hydroxylation is 1. The standard InChI is InChI=1S/C27H27F3N4O5/c1-3-38-26(37)21-15-22(33(2)32-21)25(36)34-14-13-20(19(16-34)17-9-5-4-6-10-17)31-24(35)18-11-7-8-12-23(18)39-27(28,29)30/h4-12,15,19-20H,3,13-14,16H2,1-2H3,(H,31,35)/t19-,20-/m1/s1. The summed E-state index contributed by atoms with van der Waals surface area (Å²) in [5.74, 6) is -2.66. The predicted molar refractivity (Wildman–Crippen MR) is 133 cm³/mol. The van der Waals surface area contributed by atoms with E-state index in [9.17, 15) is 27.6 Å². The maximum Gasteiger partial charge on any atom is 0.573 e. The van der Waals surface area contributed by atoms with Crippen molar-refractivity contribution in [1.29, 1.82) is 0 Å². The van der Waals surface area contributed by atoms with Crippen LogP contribution in [0.25, 0.3) is 0 Å². The van der Waals surface area contributed by atoms with Gasteiger partial charge in [0.2, 0.25) is 0 Å². The van der Waals surface area contributed by atoms with Crippen molar-refractivity contribution in [3.05, 3.63) is 83.2 Å². The Kier molecular flexibility index (Phi) is 8.22. The number of carbonyl (C=O) groups is 3. The second-order valence-corrected chi connectivity index (χ2v) is 8.94. The van der Waals surface area contributed by atoms with E-state index >= 15 is 0 Å². The van der Waals surface area contributed by atoms with Crippen molar-refractivity contribution < 1.29 is 37.0 Å². The smallest absolute Gasteiger partial charge is 0.461 e. The van der Waals surface area contributed by atoms with Crippen LogP contribution in [-0.2, 0) is 11.8 Å². The number of aromatic nitrogens is 2. The number of para-hydroxylation sites is 1. The lowest BCUT2D eigenvalue weighted by atomic mass is 9.85. The first kappa shape index (κ1) is 27.7. The van der Waals surface area contributed by atoms with Crippen LogP contribution in [0, 0.1) is 0 Å². The minimum Gasteiger partial charge on any atom is -0.461 e. The number of piperidine rings is 1. The van der Waals surface area contributed by atoms with Crippen molar-refractivity contribution in [3.63, 3.8) is 0 Å². The number of alkyl halides is 3. The van der Waals surface area contributed by atoms with Gasteiger partial charge in [-0.1, -0.05) is 42.5 Å². The maximum atomic E-state index is 13.4. The average Bonchev–Trinajstić information content (AvgIpc) is 3.30. The van der Waals surface area contributed by atoms with Crippen molar-refractivity contribution in [3.8, 4) is 5.75 Å². The second kappa shape index (κ2) is 11.6. The van der Waals surface area contributed by atoms with Gasteiger partial charge >= 0.3 is 12.3 Å². The van der Waals surface area contributed by atoms with Crippen LogP contribution in [-0.4, -0.2) is 64.6 Å². The summed E-state index contributed by atoms with van der Waals surface area (Å²) in [6.45, 7) is 2.31. The number of halogens is 3. The Hall–Kier alpha value is -4.35. The van der Waals surface area contributed by atoms with Gasteiger partial charge in [-0.05, 0) is 31.0 Å². The Bertz CT molecular complexity index is 1340. The minimum atomic E-state index is -4.95. The number of benzene rings is 2. The summed E-state index contributed by atoms with van der Waals surface area (Å²) in [7, 11) is 1.55. The predicted octanol–water partition coefficient (Wildman–Crippen LogP) is 3.92. The van der Waals surface area contributed by atoms with Crippen molar-refractivity contribution in [2.75, 3.05) is 19.7 Å². The van der Waals surface area contributed by atoms with Crippen molar-refractivity contribution >= 4 is 17.8 Å². The minimum absolute atomic E-state index is 0.0178. The third kappa shape index (κ3) is 6.57. The van der Waals surface area contributed by atoms with Gasteiger partial charge in [0.05, 0.1) is 12.2 Å². The molecule has 2 heterocycles. The Morgan fingerprint density at radius 1 is 1.08 bits per heavy atom. The normalized spacial score (nSPS) is 17.4. The van der Waals surface area contributed by atoms with Gasteiger partial charge in [-0.3, -0.25) is 14.3 Å². The number of hydrogen-bond donors (Lipinski definition) is 1. The number of hydrogen-bond acceptors (Lipinski definition) is 6. The molecule has 1 aliphatic heterocycles. The fourth-order valence-electron chi connectivity index (χ4n) is 4.60. The zero-order valence-electron chi connectivity index (χ0n) is 21.3. The molecule has 4 rings (SSSR count). The van der Waals surface area contributed by atoms with Crippen molar-refractivity contribution in [2.45, 2.75) is 31.7 Å². The number of nitrogens with one attached hydrogen (secondary N) is 1. The zero-order chi connectivity index (χ0) is 28.2. The molecule has 0 saturated carbocycles. The topological polar surface area (TPSA) is 103 Å². The summed E-state index contributed by atoms with van der Waals surface area (Å²) in [6.07, 6.45) is -4.62. The van der Waals surface area contributed by atoms with Crippen LogP contribution < -0.4 is 10.1 Å². The van der Waals surface area contributed by atoms with Crippen LogP contribution in [0.4, 0.5) is 13.2 Å². The van der Waals surface area contributed by atoms with Gasteiger partial charge in [0.1, 0.15) is 11.4 Å². The SMILES string of the molecule is CCOC(=O)c1cc(C(=O)N2CC[C@@H](NC(=O)c3ccccc3OC(F)(F)F)[C@@H](c3ccccc3)C2)n(C)n1. The highest BCUT2D eigenvalue weighted by molar-refractivity contribution is 5.97. The van der Waals surface area contributed by atoms with Crippen LogP contribution >= 0.6 is 0 Å². The van der Waals surface area contributed by atoms with Crippen LogP contribution in [0.5, 0.6) is 5.75 Å². The lowest BCUT2D eigenvalue weighted by Gasteiger charge is -2.39. The van der Waals surface area contributed by atoms with Crippen LogP contribution in [0.1, 0.15) is 56.2 Å². The summed E-state index contributed by atoms with van der Waals surface area (Å²) >= 11 is 0. The Morgan fingerprint density at radius 2 is 1.77 bits per heavy atom. The van der Waals surface area contributed by atoms with Gasteiger partial charge in [0.25, 0.3) is 11.8 Å². The molecule has 2 atom stereocenters. The van der Waals surface area contributed by atoms with E-state index in [1.54, 1.807) is 18.9 Å². The van der Waals surface area contributed by atoms with Crippen molar-refractivity contribution in [1.82, 2.24) is 20.0 Å². The molecule has 0 bridgehead atoms. The first-order chi connectivity index (χ1) is 18.6. The highest BCUT2D eigenvalue weighted by Gasteiger charge is 2.37. The summed E-state index contributed by atoms with van der Waals surface area (Å²) in [5, 5.41) is 6.94. The van der Waals surface area contributed by atoms with Gasteiger partial charge in [-0.25, -0.2) is 4.79 Å². The van der Waals surface area contributed by atoms with Gasteiger partial charge in [-0.2, -0.15) is 5.10 Å². The van der Waals surface area contributed by atoms with E-state index in [-0.39, 0.29) is 48.5 Å². The summed E-state index contributed by atoms with van der Waals surface area (Å²) in [5.41, 5.74) is 0.814. The molecule has 1 aromatic heterocycles. The van der Waals surface area contributed by atoms with E-state index in [1.165, 1.54) is 28.9 Å². The average molecular weight is 545 g/mol. The largest absolute Gasteiger partial charge is 0.573 e. The van der Waals surface area contributed by atoms with E-state index in [1.807, 2.05) is 30.3 Å². The van der Waals surface area contributed by atoms with Gasteiger partial charge < -0.3 is 19.7 Å². The molecule has 0 aliphatic carbocycles. The fourth-order valence-corrected chi connectivity index (χ4v) is 4.60. The Morgan fingerprint density at radius 3 is 2.46 bits per heavy atom. The fraction of sp³-hybridized carbons (Fsp3) is 0.333. The van der Waals surface area contributed by atoms with Gasteiger partial charge in [-0.15, -0.1) is 13.2 Å². The lowest BCUT2D eigenvalue weighted by Crippen LogP contribution is -2.51. The number of rotatable bonds is 7. The Balaban J connectivity index is 1.56. The number of esters is 1. The van der Waals surface area contributed by atoms with E-state index in [4.69, 9.17) is 4.74 Å². The molecule has 0 spiro atoms. The van der Waals surface area contributed by atoms with Crippen LogP contribution in [0.2, 0.25) is 0 Å². The molecule has 2 aromatic carbocycles. The van der Waals surface area contributed by atoms with Gasteiger partial charge in [0.15, 0.2) is 5.69 Å². The summed E-state index contributed by atoms with van der Waals surface area (Å²) in [6, 6.07) is 15.2. The second-order valence-electron chi connectivity index (χ2n) is 8.94. The molecule has 0 radical (unpaired) electrons. The monoisotopic (exact) mass is 544 g/mol. The van der Waals surface area contributed by atoms with Crippen LogP contribution in [0.15, 0.2) is 60.7 Å². The number of amides is 2. The summed E-state index contributed by atoms with van der Waals surface area (Å²) < 4.78 is 49.0. The van der Waals surface area contributed by atoms with E-state index < -0.39 is 30.0 Å². The number of ether oxygens (including phenoxy) is 2. The van der Waals surface area contributed by atoms with Gasteiger partial charge in [0, 0.05) is 38.2 Å². The molecule has 2 amide bonds. The molecule has 1 fully saturated rings.